The monoisotopic (exact) mass is 393 g/mol. The van der Waals surface area contributed by atoms with Crippen molar-refractivity contribution in [2.45, 2.75) is 44.8 Å². The molecule has 2 fully saturated rings. The lowest BCUT2D eigenvalue weighted by Gasteiger charge is -2.33. The van der Waals surface area contributed by atoms with E-state index in [0.29, 0.717) is 31.4 Å². The lowest BCUT2D eigenvalue weighted by Crippen LogP contribution is -2.42. The van der Waals surface area contributed by atoms with Gasteiger partial charge in [0.2, 0.25) is 0 Å². The number of carbonyl (C=O) groups is 1. The summed E-state index contributed by atoms with van der Waals surface area (Å²) in [5, 5.41) is 5.60. The van der Waals surface area contributed by atoms with Crippen LogP contribution >= 0.6 is 0 Å². The summed E-state index contributed by atoms with van der Waals surface area (Å²) in [7, 11) is 0. The first kappa shape index (κ1) is 21.0. The summed E-state index contributed by atoms with van der Waals surface area (Å²) < 4.78 is 24.5. The van der Waals surface area contributed by atoms with E-state index in [1.54, 1.807) is 12.1 Å². The first-order valence-corrected chi connectivity index (χ1v) is 10.3. The van der Waals surface area contributed by atoms with Crippen LogP contribution in [0.1, 0.15) is 39.0 Å². The minimum Gasteiger partial charge on any atom is -0.348 e. The van der Waals surface area contributed by atoms with Gasteiger partial charge in [-0.1, -0.05) is 6.07 Å². The van der Waals surface area contributed by atoms with Gasteiger partial charge in [0.05, 0.1) is 13.2 Å². The van der Waals surface area contributed by atoms with Crippen LogP contribution in [-0.2, 0) is 9.47 Å². The third kappa shape index (κ3) is 6.72. The molecule has 2 amide bonds. The van der Waals surface area contributed by atoms with Gasteiger partial charge in [-0.3, -0.25) is 0 Å². The van der Waals surface area contributed by atoms with Gasteiger partial charge in [-0.2, -0.15) is 0 Å². The largest absolute Gasteiger partial charge is 0.348 e. The zero-order valence-electron chi connectivity index (χ0n) is 16.7. The highest BCUT2D eigenvalue weighted by Gasteiger charge is 2.30. The molecule has 2 aliphatic heterocycles. The number of urea groups is 1. The van der Waals surface area contributed by atoms with Crippen molar-refractivity contribution >= 4 is 11.7 Å². The average molecular weight is 394 g/mol. The Balaban J connectivity index is 1.31. The first-order chi connectivity index (χ1) is 13.5. The molecule has 156 valence electrons. The number of piperidine rings is 1. The van der Waals surface area contributed by atoms with Gasteiger partial charge in [0.25, 0.3) is 0 Å². The van der Waals surface area contributed by atoms with E-state index in [9.17, 15) is 9.18 Å². The van der Waals surface area contributed by atoms with Crippen molar-refractivity contribution in [1.29, 1.82) is 0 Å². The molecule has 2 N–H and O–H groups in total. The standard InChI is InChI=1S/C21H32FN3O3/c1-21(27-12-13-28-21)9-2-3-10-25-11-5-6-17(16-25)15-23-20(26)24-19-8-4-7-18(22)14-19/h4,7-8,14,17H,2-3,5-6,9-13,15-16H2,1H3,(H2,23,24,26)/t17-/m0/s1. The van der Waals surface area contributed by atoms with Crippen molar-refractivity contribution in [3.8, 4) is 0 Å². The fraction of sp³-hybridized carbons (Fsp3) is 0.667. The molecular formula is C21H32FN3O3. The number of unbranched alkanes of at least 4 members (excludes halogenated alkanes) is 1. The molecule has 6 nitrogen and oxygen atoms in total. The number of halogens is 1. The molecule has 0 unspecified atom stereocenters. The second kappa shape index (κ2) is 10.2. The van der Waals surface area contributed by atoms with Gasteiger partial charge >= 0.3 is 6.03 Å². The number of amides is 2. The molecule has 0 saturated carbocycles. The summed E-state index contributed by atoms with van der Waals surface area (Å²) in [4.78, 5) is 14.5. The van der Waals surface area contributed by atoms with Crippen molar-refractivity contribution in [3.63, 3.8) is 0 Å². The second-order valence-electron chi connectivity index (χ2n) is 7.94. The highest BCUT2D eigenvalue weighted by Crippen LogP contribution is 2.25. The Morgan fingerprint density at radius 3 is 2.93 bits per heavy atom. The van der Waals surface area contributed by atoms with Crippen LogP contribution in [0.4, 0.5) is 14.9 Å². The molecule has 1 aromatic rings. The summed E-state index contributed by atoms with van der Waals surface area (Å²) in [6.45, 7) is 7.26. The molecule has 1 aromatic carbocycles. The highest BCUT2D eigenvalue weighted by molar-refractivity contribution is 5.89. The second-order valence-corrected chi connectivity index (χ2v) is 7.94. The van der Waals surface area contributed by atoms with E-state index in [0.717, 1.165) is 51.7 Å². The van der Waals surface area contributed by atoms with Gasteiger partial charge < -0.3 is 25.0 Å². The van der Waals surface area contributed by atoms with Crippen molar-refractivity contribution in [3.05, 3.63) is 30.1 Å². The Morgan fingerprint density at radius 1 is 1.32 bits per heavy atom. The van der Waals surface area contributed by atoms with E-state index in [4.69, 9.17) is 9.47 Å². The maximum absolute atomic E-state index is 13.2. The van der Waals surface area contributed by atoms with Crippen LogP contribution in [0.2, 0.25) is 0 Å². The van der Waals surface area contributed by atoms with Crippen LogP contribution in [0.25, 0.3) is 0 Å². The van der Waals surface area contributed by atoms with E-state index in [2.05, 4.69) is 15.5 Å². The third-order valence-electron chi connectivity index (χ3n) is 5.49. The number of nitrogens with one attached hydrogen (secondary N) is 2. The molecule has 28 heavy (non-hydrogen) atoms. The predicted molar refractivity (Wildman–Crippen MR) is 107 cm³/mol. The number of ether oxygens (including phenoxy) is 2. The van der Waals surface area contributed by atoms with Crippen molar-refractivity contribution in [2.24, 2.45) is 5.92 Å². The zero-order valence-corrected chi connectivity index (χ0v) is 16.7. The molecule has 7 heteroatoms. The Morgan fingerprint density at radius 2 is 2.14 bits per heavy atom. The van der Waals surface area contributed by atoms with Crippen molar-refractivity contribution in [2.75, 3.05) is 44.7 Å². The fourth-order valence-corrected chi connectivity index (χ4v) is 3.98. The van der Waals surface area contributed by atoms with Crippen LogP contribution in [0.5, 0.6) is 0 Å². The number of rotatable bonds is 8. The minimum atomic E-state index is -0.386. The van der Waals surface area contributed by atoms with Crippen LogP contribution in [-0.4, -0.2) is 56.1 Å². The van der Waals surface area contributed by atoms with E-state index in [-0.39, 0.29) is 17.6 Å². The normalized spacial score (nSPS) is 22.1. The van der Waals surface area contributed by atoms with Crippen LogP contribution in [0, 0.1) is 11.7 Å². The summed E-state index contributed by atoms with van der Waals surface area (Å²) in [5.41, 5.74) is 0.465. The number of hydrogen-bond acceptors (Lipinski definition) is 4. The van der Waals surface area contributed by atoms with E-state index >= 15 is 0 Å². The zero-order chi connectivity index (χ0) is 19.8. The number of likely N-dealkylation sites (tertiary alicyclic amines) is 1. The summed E-state index contributed by atoms with van der Waals surface area (Å²) in [6, 6.07) is 5.63. The molecule has 0 spiro atoms. The van der Waals surface area contributed by atoms with Crippen LogP contribution in [0.3, 0.4) is 0 Å². The summed E-state index contributed by atoms with van der Waals surface area (Å²) in [6.07, 6.45) is 5.43. The SMILES string of the molecule is CC1(CCCCN2CCC[C@@H](CNC(=O)Nc3cccc(F)c3)C2)OCCO1. The quantitative estimate of drug-likeness (QED) is 0.663. The maximum Gasteiger partial charge on any atom is 0.319 e. The molecular weight excluding hydrogens is 361 g/mol. The fourth-order valence-electron chi connectivity index (χ4n) is 3.98. The summed E-state index contributed by atoms with van der Waals surface area (Å²) in [5.74, 6) is -0.296. The number of nitrogens with zero attached hydrogens (tertiary/aromatic N) is 1. The molecule has 0 aromatic heterocycles. The van der Waals surface area contributed by atoms with Crippen LogP contribution in [0.15, 0.2) is 24.3 Å². The Bertz CT molecular complexity index is 637. The van der Waals surface area contributed by atoms with Gasteiger partial charge in [-0.15, -0.1) is 0 Å². The number of hydrogen-bond donors (Lipinski definition) is 2. The Hall–Kier alpha value is -1.70. The number of benzene rings is 1. The van der Waals surface area contributed by atoms with Gasteiger partial charge in [-0.05, 0) is 69.8 Å². The third-order valence-corrected chi connectivity index (χ3v) is 5.49. The van der Waals surface area contributed by atoms with Gasteiger partial charge in [-0.25, -0.2) is 9.18 Å². The minimum absolute atomic E-state index is 0.285. The lowest BCUT2D eigenvalue weighted by atomic mass is 9.97. The average Bonchev–Trinajstić information content (AvgIpc) is 3.11. The Kier molecular flexibility index (Phi) is 7.65. The van der Waals surface area contributed by atoms with Crippen LogP contribution < -0.4 is 10.6 Å². The smallest absolute Gasteiger partial charge is 0.319 e. The molecule has 1 atom stereocenters. The number of carbonyl (C=O) groups excluding carboxylic acids is 1. The Labute approximate surface area is 166 Å². The molecule has 0 bridgehead atoms. The molecule has 3 rings (SSSR count). The number of anilines is 1. The lowest BCUT2D eigenvalue weighted by molar-refractivity contribution is -0.147. The van der Waals surface area contributed by atoms with Gasteiger partial charge in [0, 0.05) is 25.2 Å². The van der Waals surface area contributed by atoms with E-state index in [1.165, 1.54) is 12.1 Å². The van der Waals surface area contributed by atoms with Crippen molar-refractivity contribution in [1.82, 2.24) is 10.2 Å². The first-order valence-electron chi connectivity index (χ1n) is 10.3. The maximum atomic E-state index is 13.2. The topological polar surface area (TPSA) is 62.8 Å². The van der Waals surface area contributed by atoms with E-state index < -0.39 is 0 Å². The van der Waals surface area contributed by atoms with Crippen molar-refractivity contribution < 1.29 is 18.7 Å². The molecule has 2 saturated heterocycles. The highest BCUT2D eigenvalue weighted by atomic mass is 19.1. The van der Waals surface area contributed by atoms with Gasteiger partial charge in [0.15, 0.2) is 5.79 Å². The predicted octanol–water partition coefficient (Wildman–Crippen LogP) is 3.59. The molecule has 2 heterocycles. The molecule has 2 aliphatic rings. The molecule has 0 aliphatic carbocycles. The van der Waals surface area contributed by atoms with Gasteiger partial charge in [0.1, 0.15) is 5.82 Å². The van der Waals surface area contributed by atoms with E-state index in [1.807, 2.05) is 6.92 Å². The summed E-state index contributed by atoms with van der Waals surface area (Å²) >= 11 is 0. The molecule has 0 radical (unpaired) electrons.